The van der Waals surface area contributed by atoms with Crippen molar-refractivity contribution in [1.82, 2.24) is 45.0 Å². The van der Waals surface area contributed by atoms with E-state index in [1.807, 2.05) is 6.07 Å². The lowest BCUT2D eigenvalue weighted by Crippen LogP contribution is -2.43. The fraction of sp³-hybridized carbons (Fsp3) is 0.500. The van der Waals surface area contributed by atoms with Crippen molar-refractivity contribution >= 4 is 39.2 Å². The van der Waals surface area contributed by atoms with Gasteiger partial charge in [0.2, 0.25) is 0 Å². The number of pyridine rings is 1. The van der Waals surface area contributed by atoms with Crippen LogP contribution in [0.25, 0.3) is 33.1 Å². The van der Waals surface area contributed by atoms with Crippen LogP contribution in [0, 0.1) is 5.82 Å². The van der Waals surface area contributed by atoms with Gasteiger partial charge in [0.25, 0.3) is 0 Å². The Bertz CT molecular complexity index is 2000. The van der Waals surface area contributed by atoms with Gasteiger partial charge in [0, 0.05) is 54.1 Å². The predicted octanol–water partition coefficient (Wildman–Crippen LogP) is 4.47. The standard InChI is InChI=1S/C32H33ClF2N10O2/c33-23-9-24-21(12-37-41-24)26-20(23)3-1-6-45-38-13-25(42-45)18-14-43(7-8-46-16-18)30-22-11-36-29(26)27(35)28(22)39-31(40-30)47-17-32-4-2-5-44(32)15-19(34)10-32/h9,11-13,18-19H,1-8,10,14-17H2,(H,37,41)/t18-,19-,32+/m1/s1. The minimum Gasteiger partial charge on any atom is -0.461 e. The Morgan fingerprint density at radius 2 is 2.04 bits per heavy atom. The minimum atomic E-state index is -0.899. The number of ether oxygens (including phenoxy) is 2. The lowest BCUT2D eigenvalue weighted by molar-refractivity contribution is 0.107. The highest BCUT2D eigenvalue weighted by molar-refractivity contribution is 6.33. The van der Waals surface area contributed by atoms with Crippen molar-refractivity contribution in [1.29, 1.82) is 0 Å². The first-order chi connectivity index (χ1) is 23.0. The Hall–Kier alpha value is -4.01. The summed E-state index contributed by atoms with van der Waals surface area (Å²) in [5.74, 6) is -0.201. The number of fused-ring (bicyclic) bond motifs is 5. The summed E-state index contributed by atoms with van der Waals surface area (Å²) < 4.78 is 44.0. The summed E-state index contributed by atoms with van der Waals surface area (Å²) in [6.07, 6.45) is 7.60. The van der Waals surface area contributed by atoms with Crippen LogP contribution in [0.2, 0.25) is 5.02 Å². The number of hydrogen-bond donors (Lipinski definition) is 1. The molecule has 10 rings (SSSR count). The maximum atomic E-state index is 17.1. The molecule has 5 aromatic rings. The van der Waals surface area contributed by atoms with Crippen molar-refractivity contribution in [2.24, 2.45) is 0 Å². The third kappa shape index (κ3) is 4.91. The average Bonchev–Trinajstić information content (AvgIpc) is 3.82. The molecule has 47 heavy (non-hydrogen) atoms. The summed E-state index contributed by atoms with van der Waals surface area (Å²) in [5.41, 5.74) is 2.60. The summed E-state index contributed by atoms with van der Waals surface area (Å²) >= 11 is 6.86. The topological polar surface area (TPSA) is 123 Å². The van der Waals surface area contributed by atoms with Gasteiger partial charge in [-0.2, -0.15) is 30.1 Å². The number of H-pyrrole nitrogens is 1. The maximum absolute atomic E-state index is 17.1. The van der Waals surface area contributed by atoms with Crippen LogP contribution in [0.1, 0.15) is 42.9 Å². The molecule has 0 saturated carbocycles. The van der Waals surface area contributed by atoms with Crippen molar-refractivity contribution in [3.8, 4) is 17.3 Å². The molecule has 5 aliphatic heterocycles. The summed E-state index contributed by atoms with van der Waals surface area (Å²) in [7, 11) is 0. The van der Waals surface area contributed by atoms with E-state index in [2.05, 4.69) is 30.1 Å². The van der Waals surface area contributed by atoms with Crippen LogP contribution in [0.3, 0.4) is 0 Å². The first-order valence-corrected chi connectivity index (χ1v) is 16.6. The second kappa shape index (κ2) is 11.3. The van der Waals surface area contributed by atoms with Crippen LogP contribution in [0.15, 0.2) is 24.7 Å². The molecule has 1 N–H and O–H groups in total. The first kappa shape index (κ1) is 29.2. The van der Waals surface area contributed by atoms with Crippen LogP contribution in [0.5, 0.6) is 6.01 Å². The van der Waals surface area contributed by atoms with Crippen LogP contribution in [-0.4, -0.2) is 103 Å². The highest BCUT2D eigenvalue weighted by atomic mass is 35.5. The molecule has 3 saturated heterocycles. The fourth-order valence-corrected chi connectivity index (χ4v) is 8.25. The van der Waals surface area contributed by atoms with Gasteiger partial charge in [-0.3, -0.25) is 15.0 Å². The molecular formula is C32H33ClF2N10O2. The molecule has 244 valence electrons. The summed E-state index contributed by atoms with van der Waals surface area (Å²) in [6.45, 7) is 3.95. The van der Waals surface area contributed by atoms with Crippen LogP contribution in [0.4, 0.5) is 14.6 Å². The number of nitrogens with one attached hydrogen (secondary N) is 1. The molecule has 5 aliphatic rings. The number of benzene rings is 1. The van der Waals surface area contributed by atoms with Crippen LogP contribution < -0.4 is 9.64 Å². The van der Waals surface area contributed by atoms with Gasteiger partial charge in [-0.05, 0) is 43.9 Å². The molecule has 4 aromatic heterocycles. The monoisotopic (exact) mass is 662 g/mol. The predicted molar refractivity (Wildman–Crippen MR) is 170 cm³/mol. The number of alkyl halides is 1. The SMILES string of the molecule is Fc1c2ncc3c(nc(OC[C@@]45CCCN4C[C@H](F)C5)nc13)N1CCOC[C@@H](C1)c1cnn(n1)CCCc1c(Cl)cc3[nH]ncc3c1-2. The number of aryl methyl sites for hydroxylation is 1. The Balaban J connectivity index is 1.23. The van der Waals surface area contributed by atoms with E-state index in [1.54, 1.807) is 23.4 Å². The number of nitrogens with zero attached hydrogens (tertiary/aromatic N) is 9. The molecular weight excluding hydrogens is 630 g/mol. The quantitative estimate of drug-likeness (QED) is 0.296. The molecule has 0 spiro atoms. The van der Waals surface area contributed by atoms with Gasteiger partial charge in [0.05, 0.1) is 54.3 Å². The second-order valence-corrected chi connectivity index (χ2v) is 13.5. The largest absolute Gasteiger partial charge is 0.461 e. The zero-order valence-electron chi connectivity index (χ0n) is 25.6. The summed E-state index contributed by atoms with van der Waals surface area (Å²) in [5, 5.41) is 18.2. The van der Waals surface area contributed by atoms with E-state index in [-0.39, 0.29) is 29.7 Å². The van der Waals surface area contributed by atoms with E-state index in [0.717, 1.165) is 30.6 Å². The van der Waals surface area contributed by atoms with E-state index in [4.69, 9.17) is 36.1 Å². The molecule has 3 fully saturated rings. The smallest absolute Gasteiger partial charge is 0.319 e. The van der Waals surface area contributed by atoms with E-state index >= 15 is 4.39 Å². The number of aromatic amines is 1. The maximum Gasteiger partial charge on any atom is 0.319 e. The van der Waals surface area contributed by atoms with Crippen LogP contribution >= 0.6 is 11.6 Å². The summed E-state index contributed by atoms with van der Waals surface area (Å²) in [6, 6.07) is 1.85. The third-order valence-corrected chi connectivity index (χ3v) is 10.6. The van der Waals surface area contributed by atoms with Gasteiger partial charge in [-0.15, -0.1) is 0 Å². The lowest BCUT2D eigenvalue weighted by Gasteiger charge is -2.31. The van der Waals surface area contributed by atoms with Gasteiger partial charge >= 0.3 is 6.01 Å². The van der Waals surface area contributed by atoms with Crippen molar-refractivity contribution in [2.45, 2.75) is 56.3 Å². The Morgan fingerprint density at radius 1 is 1.11 bits per heavy atom. The zero-order chi connectivity index (χ0) is 31.7. The minimum absolute atomic E-state index is 0.0423. The third-order valence-electron chi connectivity index (χ3n) is 10.2. The van der Waals surface area contributed by atoms with Gasteiger partial charge in [-0.1, -0.05) is 11.6 Å². The molecule has 8 bridgehead atoms. The fourth-order valence-electron chi connectivity index (χ4n) is 7.95. The second-order valence-electron chi connectivity index (χ2n) is 13.1. The molecule has 12 nitrogen and oxygen atoms in total. The number of aromatic nitrogens is 8. The average molecular weight is 663 g/mol. The van der Waals surface area contributed by atoms with E-state index in [0.29, 0.717) is 91.3 Å². The molecule has 9 heterocycles. The van der Waals surface area contributed by atoms with E-state index in [1.165, 1.54) is 0 Å². The van der Waals surface area contributed by atoms with Gasteiger partial charge in [0.1, 0.15) is 29.8 Å². The number of hydrogen-bond acceptors (Lipinski definition) is 10. The highest BCUT2D eigenvalue weighted by Gasteiger charge is 2.49. The molecule has 0 amide bonds. The number of halogens is 3. The van der Waals surface area contributed by atoms with E-state index in [9.17, 15) is 4.39 Å². The van der Waals surface area contributed by atoms with Crippen molar-refractivity contribution in [3.63, 3.8) is 0 Å². The Kier molecular flexibility index (Phi) is 7.01. The Labute approximate surface area is 273 Å². The normalized spacial score (nSPS) is 24.7. The number of rotatable bonds is 3. The first-order valence-electron chi connectivity index (χ1n) is 16.2. The zero-order valence-corrected chi connectivity index (χ0v) is 26.4. The van der Waals surface area contributed by atoms with Crippen LogP contribution in [-0.2, 0) is 17.7 Å². The van der Waals surface area contributed by atoms with Crippen molar-refractivity contribution in [2.75, 3.05) is 50.9 Å². The van der Waals surface area contributed by atoms with Gasteiger partial charge in [-0.25, -0.2) is 8.78 Å². The van der Waals surface area contributed by atoms with Crippen molar-refractivity contribution < 1.29 is 18.3 Å². The molecule has 3 atom stereocenters. The van der Waals surface area contributed by atoms with E-state index < -0.39 is 17.5 Å². The molecule has 0 radical (unpaired) electrons. The molecule has 0 aliphatic carbocycles. The lowest BCUT2D eigenvalue weighted by atomic mass is 9.95. The van der Waals surface area contributed by atoms with Gasteiger partial charge < -0.3 is 14.4 Å². The molecule has 15 heteroatoms. The van der Waals surface area contributed by atoms with Gasteiger partial charge in [0.15, 0.2) is 5.82 Å². The molecule has 1 aromatic carbocycles. The molecule has 0 unspecified atom stereocenters. The summed E-state index contributed by atoms with van der Waals surface area (Å²) in [4.78, 5) is 20.2. The Morgan fingerprint density at radius 3 is 2.98 bits per heavy atom. The number of anilines is 1. The highest BCUT2D eigenvalue weighted by Crippen LogP contribution is 2.42. The van der Waals surface area contributed by atoms with Crippen molar-refractivity contribution in [3.05, 3.63) is 46.8 Å².